The fraction of sp³-hybridized carbons (Fsp3) is 0.909. The van der Waals surface area contributed by atoms with Gasteiger partial charge in [-0.1, -0.05) is 6.42 Å². The lowest BCUT2D eigenvalue weighted by Crippen LogP contribution is -2.38. The van der Waals surface area contributed by atoms with Crippen LogP contribution >= 0.6 is 0 Å². The summed E-state index contributed by atoms with van der Waals surface area (Å²) in [5, 5.41) is 0. The van der Waals surface area contributed by atoms with Gasteiger partial charge in [-0.25, -0.2) is 0 Å². The van der Waals surface area contributed by atoms with Gasteiger partial charge in [0.05, 0.1) is 13.0 Å². The van der Waals surface area contributed by atoms with Crippen LogP contribution in [0.3, 0.4) is 0 Å². The third-order valence-corrected chi connectivity index (χ3v) is 2.85. The lowest BCUT2D eigenvalue weighted by molar-refractivity contribution is -0.143. The van der Waals surface area contributed by atoms with Gasteiger partial charge in [0.15, 0.2) is 0 Å². The van der Waals surface area contributed by atoms with Crippen molar-refractivity contribution in [3.05, 3.63) is 0 Å². The monoisotopic (exact) mass is 199 g/mol. The molecule has 3 nitrogen and oxygen atoms in total. The minimum Gasteiger partial charge on any atom is -0.466 e. The molecule has 0 aromatic rings. The van der Waals surface area contributed by atoms with Crippen molar-refractivity contribution in [3.63, 3.8) is 0 Å². The number of carbonyl (C=O) groups excluding carboxylic acids is 1. The molecule has 0 aromatic carbocycles. The third kappa shape index (κ3) is 3.66. The van der Waals surface area contributed by atoms with Crippen molar-refractivity contribution < 1.29 is 9.53 Å². The molecule has 14 heavy (non-hydrogen) atoms. The topological polar surface area (TPSA) is 29.5 Å². The van der Waals surface area contributed by atoms with Crippen molar-refractivity contribution in [1.29, 1.82) is 0 Å². The Hall–Kier alpha value is -0.570. The van der Waals surface area contributed by atoms with Gasteiger partial charge in [0, 0.05) is 12.6 Å². The Morgan fingerprint density at radius 3 is 2.93 bits per heavy atom. The van der Waals surface area contributed by atoms with E-state index in [-0.39, 0.29) is 5.97 Å². The zero-order valence-corrected chi connectivity index (χ0v) is 9.29. The van der Waals surface area contributed by atoms with Crippen LogP contribution in [0.25, 0.3) is 0 Å². The van der Waals surface area contributed by atoms with Crippen molar-refractivity contribution in [3.8, 4) is 0 Å². The number of hydrogen-bond donors (Lipinski definition) is 0. The minimum atomic E-state index is -0.0646. The zero-order valence-electron chi connectivity index (χ0n) is 9.29. The van der Waals surface area contributed by atoms with Crippen LogP contribution in [-0.2, 0) is 9.53 Å². The maximum Gasteiger partial charge on any atom is 0.307 e. The normalized spacial score (nSPS) is 23.4. The van der Waals surface area contributed by atoms with Crippen molar-refractivity contribution in [2.45, 2.75) is 45.6 Å². The molecule has 0 aromatic heterocycles. The summed E-state index contributed by atoms with van der Waals surface area (Å²) < 4.78 is 4.90. The molecule has 1 saturated heterocycles. The van der Waals surface area contributed by atoms with Crippen molar-refractivity contribution >= 4 is 5.97 Å². The third-order valence-electron chi connectivity index (χ3n) is 2.85. The first-order valence-corrected chi connectivity index (χ1v) is 5.63. The maximum absolute atomic E-state index is 11.1. The number of piperidine rings is 1. The van der Waals surface area contributed by atoms with E-state index in [4.69, 9.17) is 4.74 Å². The Morgan fingerprint density at radius 2 is 2.29 bits per heavy atom. The number of esters is 1. The van der Waals surface area contributed by atoms with Crippen LogP contribution in [0.15, 0.2) is 0 Å². The van der Waals surface area contributed by atoms with Crippen molar-refractivity contribution in [2.24, 2.45) is 0 Å². The molecular formula is C11H21NO2. The summed E-state index contributed by atoms with van der Waals surface area (Å²) in [4.78, 5) is 13.5. The highest BCUT2D eigenvalue weighted by Crippen LogP contribution is 2.16. The van der Waals surface area contributed by atoms with Gasteiger partial charge in [0.25, 0.3) is 0 Å². The highest BCUT2D eigenvalue weighted by Gasteiger charge is 2.18. The number of ether oxygens (including phenoxy) is 1. The summed E-state index contributed by atoms with van der Waals surface area (Å²) in [5.41, 5.74) is 0. The van der Waals surface area contributed by atoms with E-state index in [1.807, 2.05) is 6.92 Å². The van der Waals surface area contributed by atoms with Crippen LogP contribution < -0.4 is 0 Å². The number of likely N-dealkylation sites (tertiary alicyclic amines) is 1. The minimum absolute atomic E-state index is 0.0646. The van der Waals surface area contributed by atoms with Gasteiger partial charge in [0.1, 0.15) is 0 Å². The predicted octanol–water partition coefficient (Wildman–Crippen LogP) is 1.81. The van der Waals surface area contributed by atoms with Gasteiger partial charge in [-0.3, -0.25) is 4.79 Å². The second-order valence-corrected chi connectivity index (χ2v) is 3.94. The molecule has 3 heteroatoms. The molecule has 0 aliphatic carbocycles. The quantitative estimate of drug-likeness (QED) is 0.647. The van der Waals surface area contributed by atoms with Gasteiger partial charge in [-0.2, -0.15) is 0 Å². The molecule has 1 aliphatic rings. The molecule has 1 atom stereocenters. The second-order valence-electron chi connectivity index (χ2n) is 3.94. The van der Waals surface area contributed by atoms with E-state index in [1.165, 1.54) is 19.3 Å². The van der Waals surface area contributed by atoms with E-state index < -0.39 is 0 Å². The molecule has 0 radical (unpaired) electrons. The molecule has 1 fully saturated rings. The van der Waals surface area contributed by atoms with E-state index in [0.29, 0.717) is 19.1 Å². The molecule has 0 spiro atoms. The molecule has 1 heterocycles. The molecular weight excluding hydrogens is 178 g/mol. The molecule has 0 unspecified atom stereocenters. The molecule has 0 amide bonds. The highest BCUT2D eigenvalue weighted by molar-refractivity contribution is 5.69. The van der Waals surface area contributed by atoms with E-state index >= 15 is 0 Å². The Morgan fingerprint density at radius 1 is 1.50 bits per heavy atom. The van der Waals surface area contributed by atoms with E-state index in [9.17, 15) is 4.79 Å². The summed E-state index contributed by atoms with van der Waals surface area (Å²) >= 11 is 0. The summed E-state index contributed by atoms with van der Waals surface area (Å²) in [6, 6.07) is 0.637. The number of hydrogen-bond acceptors (Lipinski definition) is 3. The number of nitrogens with zero attached hydrogens (tertiary/aromatic N) is 1. The molecule has 0 N–H and O–H groups in total. The molecule has 0 saturated carbocycles. The summed E-state index contributed by atoms with van der Waals surface area (Å²) in [6.45, 7) is 6.58. The van der Waals surface area contributed by atoms with Crippen LogP contribution in [0.1, 0.15) is 39.5 Å². The van der Waals surface area contributed by atoms with E-state index in [2.05, 4.69) is 11.8 Å². The SMILES string of the molecule is CCOC(=O)CCN1CCCC[C@@H]1C. The number of rotatable bonds is 4. The van der Waals surface area contributed by atoms with Crippen LogP contribution in [0.2, 0.25) is 0 Å². The average molecular weight is 199 g/mol. The summed E-state index contributed by atoms with van der Waals surface area (Å²) in [6.07, 6.45) is 4.41. The van der Waals surface area contributed by atoms with Crippen LogP contribution in [0.4, 0.5) is 0 Å². The van der Waals surface area contributed by atoms with E-state index in [0.717, 1.165) is 13.1 Å². The summed E-state index contributed by atoms with van der Waals surface area (Å²) in [5.74, 6) is -0.0646. The maximum atomic E-state index is 11.1. The zero-order chi connectivity index (χ0) is 10.4. The number of carbonyl (C=O) groups is 1. The first-order valence-electron chi connectivity index (χ1n) is 5.63. The Balaban J connectivity index is 2.19. The van der Waals surface area contributed by atoms with Crippen LogP contribution in [-0.4, -0.2) is 36.6 Å². The Labute approximate surface area is 86.4 Å². The molecule has 1 rings (SSSR count). The molecule has 0 bridgehead atoms. The Bertz CT molecular complexity index is 182. The van der Waals surface area contributed by atoms with Gasteiger partial charge >= 0.3 is 5.97 Å². The summed E-state index contributed by atoms with van der Waals surface area (Å²) in [7, 11) is 0. The lowest BCUT2D eigenvalue weighted by Gasteiger charge is -2.32. The van der Waals surface area contributed by atoms with Gasteiger partial charge in [-0.05, 0) is 33.2 Å². The Kier molecular flexibility index (Phi) is 4.94. The van der Waals surface area contributed by atoms with E-state index in [1.54, 1.807) is 0 Å². The van der Waals surface area contributed by atoms with Gasteiger partial charge < -0.3 is 9.64 Å². The van der Waals surface area contributed by atoms with Crippen molar-refractivity contribution in [2.75, 3.05) is 19.7 Å². The fourth-order valence-corrected chi connectivity index (χ4v) is 1.96. The molecule has 82 valence electrons. The largest absolute Gasteiger partial charge is 0.466 e. The van der Waals surface area contributed by atoms with Gasteiger partial charge in [-0.15, -0.1) is 0 Å². The highest BCUT2D eigenvalue weighted by atomic mass is 16.5. The van der Waals surface area contributed by atoms with Crippen molar-refractivity contribution in [1.82, 2.24) is 4.90 Å². The van der Waals surface area contributed by atoms with Gasteiger partial charge in [0.2, 0.25) is 0 Å². The van der Waals surface area contributed by atoms with Crippen LogP contribution in [0.5, 0.6) is 0 Å². The predicted molar refractivity (Wildman–Crippen MR) is 56.1 cm³/mol. The smallest absolute Gasteiger partial charge is 0.307 e. The molecule has 1 aliphatic heterocycles. The first-order chi connectivity index (χ1) is 6.74. The fourth-order valence-electron chi connectivity index (χ4n) is 1.96. The average Bonchev–Trinajstić information content (AvgIpc) is 2.17. The lowest BCUT2D eigenvalue weighted by atomic mass is 10.0. The first kappa shape index (κ1) is 11.5. The van der Waals surface area contributed by atoms with Crippen LogP contribution in [0, 0.1) is 0 Å². The second kappa shape index (κ2) is 6.02. The standard InChI is InChI=1S/C11H21NO2/c1-3-14-11(13)7-9-12-8-5-4-6-10(12)2/h10H,3-9H2,1-2H3/t10-/m0/s1.